The van der Waals surface area contributed by atoms with Gasteiger partial charge in [0.05, 0.1) is 16.7 Å². The SMILES string of the molecule is CN1CCCC1Cc1ncc2c(Cl)cccn12. The van der Waals surface area contributed by atoms with Gasteiger partial charge in [0.1, 0.15) is 5.82 Å². The fourth-order valence-corrected chi connectivity index (χ4v) is 2.85. The largest absolute Gasteiger partial charge is 0.303 e. The van der Waals surface area contributed by atoms with Crippen LogP contribution in [0.15, 0.2) is 24.5 Å². The van der Waals surface area contributed by atoms with Gasteiger partial charge in [0.15, 0.2) is 0 Å². The third-order valence-electron chi connectivity index (χ3n) is 3.69. The maximum absolute atomic E-state index is 6.14. The molecule has 90 valence electrons. The van der Waals surface area contributed by atoms with Crippen molar-refractivity contribution < 1.29 is 0 Å². The Labute approximate surface area is 106 Å². The molecule has 1 unspecified atom stereocenters. The Morgan fingerprint density at radius 2 is 2.41 bits per heavy atom. The summed E-state index contributed by atoms with van der Waals surface area (Å²) in [5.74, 6) is 1.11. The molecule has 0 amide bonds. The highest BCUT2D eigenvalue weighted by atomic mass is 35.5. The van der Waals surface area contributed by atoms with Crippen LogP contribution >= 0.6 is 11.6 Å². The van der Waals surface area contributed by atoms with E-state index in [0.717, 1.165) is 22.8 Å². The second kappa shape index (κ2) is 4.31. The van der Waals surface area contributed by atoms with Crippen molar-refractivity contribution in [2.75, 3.05) is 13.6 Å². The number of imidazole rings is 1. The predicted molar refractivity (Wildman–Crippen MR) is 69.6 cm³/mol. The molecule has 4 heteroatoms. The lowest BCUT2D eigenvalue weighted by atomic mass is 10.1. The molecule has 0 aromatic carbocycles. The fraction of sp³-hybridized carbons (Fsp3) is 0.462. The van der Waals surface area contributed by atoms with E-state index in [-0.39, 0.29) is 0 Å². The number of hydrogen-bond acceptors (Lipinski definition) is 2. The van der Waals surface area contributed by atoms with E-state index < -0.39 is 0 Å². The van der Waals surface area contributed by atoms with Crippen molar-refractivity contribution in [3.63, 3.8) is 0 Å². The van der Waals surface area contributed by atoms with E-state index in [1.807, 2.05) is 24.5 Å². The molecule has 0 spiro atoms. The summed E-state index contributed by atoms with van der Waals surface area (Å²) in [7, 11) is 2.19. The lowest BCUT2D eigenvalue weighted by Crippen LogP contribution is -2.27. The van der Waals surface area contributed by atoms with Gasteiger partial charge in [-0.15, -0.1) is 0 Å². The number of halogens is 1. The fourth-order valence-electron chi connectivity index (χ4n) is 2.64. The standard InChI is InChI=1S/C13H16ClN3/c1-16-6-2-4-10(16)8-13-15-9-12-11(14)5-3-7-17(12)13/h3,5,7,9-10H,2,4,6,8H2,1H3. The summed E-state index contributed by atoms with van der Waals surface area (Å²) in [4.78, 5) is 6.93. The van der Waals surface area contributed by atoms with Gasteiger partial charge in [0.25, 0.3) is 0 Å². The van der Waals surface area contributed by atoms with Crippen molar-refractivity contribution in [2.45, 2.75) is 25.3 Å². The highest BCUT2D eigenvalue weighted by Crippen LogP contribution is 2.22. The number of likely N-dealkylation sites (tertiary alicyclic amines) is 1. The molecule has 3 nitrogen and oxygen atoms in total. The van der Waals surface area contributed by atoms with Gasteiger partial charge in [-0.1, -0.05) is 11.6 Å². The van der Waals surface area contributed by atoms with Crippen molar-refractivity contribution in [3.05, 3.63) is 35.4 Å². The highest BCUT2D eigenvalue weighted by molar-refractivity contribution is 6.33. The van der Waals surface area contributed by atoms with E-state index in [4.69, 9.17) is 11.6 Å². The van der Waals surface area contributed by atoms with Gasteiger partial charge in [0.2, 0.25) is 0 Å². The van der Waals surface area contributed by atoms with Gasteiger partial charge in [-0.25, -0.2) is 4.98 Å². The minimum absolute atomic E-state index is 0.625. The molecule has 1 aliphatic heterocycles. The number of hydrogen-bond donors (Lipinski definition) is 0. The summed E-state index contributed by atoms with van der Waals surface area (Å²) in [5, 5.41) is 0.769. The number of nitrogens with zero attached hydrogens (tertiary/aromatic N) is 3. The smallest absolute Gasteiger partial charge is 0.114 e. The first-order valence-electron chi connectivity index (χ1n) is 6.06. The quantitative estimate of drug-likeness (QED) is 0.816. The number of aromatic nitrogens is 2. The van der Waals surface area contributed by atoms with E-state index in [1.165, 1.54) is 19.4 Å². The van der Waals surface area contributed by atoms with Crippen LogP contribution in [0.25, 0.3) is 5.52 Å². The third kappa shape index (κ3) is 1.94. The lowest BCUT2D eigenvalue weighted by Gasteiger charge is -2.18. The zero-order valence-corrected chi connectivity index (χ0v) is 10.7. The molecule has 0 aliphatic carbocycles. The average molecular weight is 250 g/mol. The summed E-state index contributed by atoms with van der Waals surface area (Å²) >= 11 is 6.14. The number of likely N-dealkylation sites (N-methyl/N-ethyl adjacent to an activating group) is 1. The Kier molecular flexibility index (Phi) is 2.81. The zero-order chi connectivity index (χ0) is 11.8. The first-order valence-corrected chi connectivity index (χ1v) is 6.44. The Balaban J connectivity index is 1.93. The average Bonchev–Trinajstić information content (AvgIpc) is 2.89. The van der Waals surface area contributed by atoms with Gasteiger partial charge in [-0.3, -0.25) is 0 Å². The zero-order valence-electron chi connectivity index (χ0n) is 9.93. The Morgan fingerprint density at radius 1 is 1.53 bits per heavy atom. The van der Waals surface area contributed by atoms with Gasteiger partial charge in [-0.05, 0) is 38.6 Å². The molecule has 2 aromatic heterocycles. The van der Waals surface area contributed by atoms with E-state index in [1.54, 1.807) is 0 Å². The van der Waals surface area contributed by atoms with E-state index in [2.05, 4.69) is 21.3 Å². The van der Waals surface area contributed by atoms with Gasteiger partial charge >= 0.3 is 0 Å². The van der Waals surface area contributed by atoms with Crippen LogP contribution in [0.3, 0.4) is 0 Å². The topological polar surface area (TPSA) is 20.5 Å². The van der Waals surface area contributed by atoms with Crippen molar-refractivity contribution in [1.29, 1.82) is 0 Å². The minimum atomic E-state index is 0.625. The Bertz CT molecular complexity index is 534. The molecule has 0 radical (unpaired) electrons. The molecule has 1 fully saturated rings. The maximum atomic E-state index is 6.14. The molecular formula is C13H16ClN3. The first kappa shape index (κ1) is 11.1. The summed E-state index contributed by atoms with van der Waals surface area (Å²) in [6.07, 6.45) is 7.48. The number of pyridine rings is 1. The third-order valence-corrected chi connectivity index (χ3v) is 4.01. The van der Waals surface area contributed by atoms with Crippen LogP contribution in [-0.4, -0.2) is 33.9 Å². The van der Waals surface area contributed by atoms with Crippen LogP contribution in [0.2, 0.25) is 5.02 Å². The van der Waals surface area contributed by atoms with Crippen molar-refractivity contribution in [1.82, 2.24) is 14.3 Å². The summed E-state index contributed by atoms with van der Waals surface area (Å²) in [6, 6.07) is 4.50. The van der Waals surface area contributed by atoms with Gasteiger partial charge in [-0.2, -0.15) is 0 Å². The van der Waals surface area contributed by atoms with Crippen LogP contribution in [0.5, 0.6) is 0 Å². The van der Waals surface area contributed by atoms with E-state index in [9.17, 15) is 0 Å². The molecule has 2 aromatic rings. The normalized spacial score (nSPS) is 21.4. The summed E-state index contributed by atoms with van der Waals surface area (Å²) in [5.41, 5.74) is 1.00. The second-order valence-corrected chi connectivity index (χ2v) is 5.17. The molecule has 17 heavy (non-hydrogen) atoms. The van der Waals surface area contributed by atoms with Crippen molar-refractivity contribution in [3.8, 4) is 0 Å². The number of fused-ring (bicyclic) bond motifs is 1. The van der Waals surface area contributed by atoms with Crippen molar-refractivity contribution in [2.24, 2.45) is 0 Å². The molecule has 3 rings (SSSR count). The molecule has 1 saturated heterocycles. The molecule has 1 aliphatic rings. The molecule has 3 heterocycles. The van der Waals surface area contributed by atoms with Crippen LogP contribution < -0.4 is 0 Å². The molecule has 0 saturated carbocycles. The van der Waals surface area contributed by atoms with Gasteiger partial charge in [0, 0.05) is 18.7 Å². The Hall–Kier alpha value is -1.06. The van der Waals surface area contributed by atoms with Crippen LogP contribution in [0, 0.1) is 0 Å². The van der Waals surface area contributed by atoms with Crippen LogP contribution in [0.1, 0.15) is 18.7 Å². The summed E-state index contributed by atoms with van der Waals surface area (Å²) in [6.45, 7) is 1.20. The maximum Gasteiger partial charge on any atom is 0.114 e. The predicted octanol–water partition coefficient (Wildman–Crippen LogP) is 2.62. The molecular weight excluding hydrogens is 234 g/mol. The lowest BCUT2D eigenvalue weighted by molar-refractivity contribution is 0.305. The molecule has 1 atom stereocenters. The minimum Gasteiger partial charge on any atom is -0.303 e. The van der Waals surface area contributed by atoms with Crippen molar-refractivity contribution >= 4 is 17.1 Å². The van der Waals surface area contributed by atoms with Gasteiger partial charge < -0.3 is 9.30 Å². The number of rotatable bonds is 2. The molecule has 0 bridgehead atoms. The highest BCUT2D eigenvalue weighted by Gasteiger charge is 2.22. The second-order valence-electron chi connectivity index (χ2n) is 4.77. The van der Waals surface area contributed by atoms with Crippen LogP contribution in [0.4, 0.5) is 0 Å². The Morgan fingerprint density at radius 3 is 3.18 bits per heavy atom. The van der Waals surface area contributed by atoms with Crippen LogP contribution in [-0.2, 0) is 6.42 Å². The van der Waals surface area contributed by atoms with E-state index in [0.29, 0.717) is 6.04 Å². The molecule has 0 N–H and O–H groups in total. The van der Waals surface area contributed by atoms with E-state index >= 15 is 0 Å². The first-order chi connectivity index (χ1) is 8.25. The summed E-state index contributed by atoms with van der Waals surface area (Å²) < 4.78 is 2.11. The monoisotopic (exact) mass is 249 g/mol.